The molecule has 1 amide bonds. The molecule has 0 atom stereocenters. The van der Waals surface area contributed by atoms with Crippen LogP contribution in [0.15, 0.2) is 74.7 Å². The second-order valence-electron chi connectivity index (χ2n) is 5.73. The Kier molecular flexibility index (Phi) is 6.30. The summed E-state index contributed by atoms with van der Waals surface area (Å²) in [6.45, 7) is 0.532. The zero-order valence-electron chi connectivity index (χ0n) is 14.2. The second-order valence-corrected chi connectivity index (χ2v) is 10.1. The van der Waals surface area contributed by atoms with Crippen LogP contribution in [-0.4, -0.2) is 20.9 Å². The summed E-state index contributed by atoms with van der Waals surface area (Å²) in [7, 11) is -3.63. The average Bonchev–Trinajstić information content (AvgIpc) is 3.10. The van der Waals surface area contributed by atoms with E-state index in [-0.39, 0.29) is 10.1 Å². The summed E-state index contributed by atoms with van der Waals surface area (Å²) in [5.74, 6) is -0.192. The van der Waals surface area contributed by atoms with Crippen LogP contribution < -0.4 is 10.0 Å². The average molecular weight is 465 g/mol. The van der Waals surface area contributed by atoms with Gasteiger partial charge in [-0.2, -0.15) is 0 Å². The number of nitrogens with one attached hydrogen (secondary N) is 2. The smallest absolute Gasteiger partial charge is 0.271 e. The van der Waals surface area contributed by atoms with Crippen LogP contribution in [0.3, 0.4) is 0 Å². The van der Waals surface area contributed by atoms with Crippen molar-refractivity contribution in [1.82, 2.24) is 5.32 Å². The largest absolute Gasteiger partial charge is 0.352 e. The number of hydrogen-bond donors (Lipinski definition) is 2. The van der Waals surface area contributed by atoms with Crippen LogP contribution in [-0.2, 0) is 16.4 Å². The van der Waals surface area contributed by atoms with E-state index in [1.807, 2.05) is 30.3 Å². The van der Waals surface area contributed by atoms with Gasteiger partial charge in [-0.05, 0) is 64.3 Å². The van der Waals surface area contributed by atoms with Crippen molar-refractivity contribution < 1.29 is 13.2 Å². The number of anilines is 1. The second kappa shape index (κ2) is 8.69. The fourth-order valence-corrected chi connectivity index (χ4v) is 5.47. The monoisotopic (exact) mass is 464 g/mol. The Hall–Kier alpha value is -2.16. The van der Waals surface area contributed by atoms with Gasteiger partial charge in [0, 0.05) is 17.8 Å². The molecule has 8 heteroatoms. The van der Waals surface area contributed by atoms with Gasteiger partial charge in [-0.1, -0.05) is 30.3 Å². The molecule has 2 aromatic carbocycles. The van der Waals surface area contributed by atoms with E-state index in [2.05, 4.69) is 26.0 Å². The predicted octanol–water partition coefficient (Wildman–Crippen LogP) is 4.28. The molecule has 5 nitrogen and oxygen atoms in total. The number of carbonyl (C=O) groups is 1. The Bertz CT molecular complexity index is 1020. The first-order valence-electron chi connectivity index (χ1n) is 8.14. The molecule has 2 N–H and O–H groups in total. The molecule has 0 aliphatic carbocycles. The first-order chi connectivity index (χ1) is 12.9. The third kappa shape index (κ3) is 5.41. The summed E-state index contributed by atoms with van der Waals surface area (Å²) in [6, 6.07) is 19.5. The van der Waals surface area contributed by atoms with Gasteiger partial charge in [0.1, 0.15) is 4.21 Å². The minimum Gasteiger partial charge on any atom is -0.352 e. The number of rotatable bonds is 7. The van der Waals surface area contributed by atoms with Crippen LogP contribution in [0.4, 0.5) is 5.69 Å². The molecule has 1 heterocycles. The van der Waals surface area contributed by atoms with Crippen LogP contribution in [0.1, 0.15) is 15.9 Å². The van der Waals surface area contributed by atoms with Gasteiger partial charge in [0.25, 0.3) is 15.9 Å². The lowest BCUT2D eigenvalue weighted by molar-refractivity contribution is 0.0954. The lowest BCUT2D eigenvalue weighted by Crippen LogP contribution is -2.25. The van der Waals surface area contributed by atoms with E-state index in [1.54, 1.807) is 30.3 Å². The first kappa shape index (κ1) is 19.6. The fourth-order valence-electron chi connectivity index (χ4n) is 2.40. The molecule has 3 aromatic rings. The van der Waals surface area contributed by atoms with Gasteiger partial charge in [-0.3, -0.25) is 9.52 Å². The molecule has 3 rings (SSSR count). The molecule has 1 aromatic heterocycles. The molecule has 140 valence electrons. The van der Waals surface area contributed by atoms with Crippen LogP contribution >= 0.6 is 27.3 Å². The zero-order valence-corrected chi connectivity index (χ0v) is 17.4. The highest BCUT2D eigenvalue weighted by Crippen LogP contribution is 2.27. The number of carbonyl (C=O) groups excluding carboxylic acids is 1. The molecule has 0 saturated heterocycles. The summed E-state index contributed by atoms with van der Waals surface area (Å²) in [6.07, 6.45) is 0.751. The van der Waals surface area contributed by atoms with Crippen molar-refractivity contribution in [3.8, 4) is 0 Å². The van der Waals surface area contributed by atoms with E-state index in [0.29, 0.717) is 17.8 Å². The molecule has 0 unspecified atom stereocenters. The number of sulfonamides is 1. The normalized spacial score (nSPS) is 11.1. The predicted molar refractivity (Wildman–Crippen MR) is 112 cm³/mol. The van der Waals surface area contributed by atoms with Gasteiger partial charge in [0.15, 0.2) is 0 Å². The van der Waals surface area contributed by atoms with Crippen LogP contribution in [0, 0.1) is 0 Å². The zero-order chi connectivity index (χ0) is 19.3. The van der Waals surface area contributed by atoms with Crippen molar-refractivity contribution in [3.63, 3.8) is 0 Å². The third-order valence-corrected chi connectivity index (χ3v) is 7.25. The molecule has 0 fully saturated rings. The van der Waals surface area contributed by atoms with E-state index in [0.717, 1.165) is 27.1 Å². The van der Waals surface area contributed by atoms with E-state index < -0.39 is 10.0 Å². The van der Waals surface area contributed by atoms with E-state index in [9.17, 15) is 13.2 Å². The first-order valence-corrected chi connectivity index (χ1v) is 11.2. The van der Waals surface area contributed by atoms with Gasteiger partial charge < -0.3 is 5.32 Å². The lowest BCUT2D eigenvalue weighted by Gasteiger charge is -2.08. The molecule has 0 saturated carbocycles. The molecule has 0 bridgehead atoms. The van der Waals surface area contributed by atoms with Crippen molar-refractivity contribution in [1.29, 1.82) is 0 Å². The highest BCUT2D eigenvalue weighted by molar-refractivity contribution is 9.11. The number of amides is 1. The van der Waals surface area contributed by atoms with Crippen molar-refractivity contribution in [3.05, 3.63) is 81.6 Å². The minimum absolute atomic E-state index is 0.192. The highest BCUT2D eigenvalue weighted by atomic mass is 79.9. The maximum absolute atomic E-state index is 12.3. The molecule has 0 aliphatic heterocycles. The summed E-state index contributed by atoms with van der Waals surface area (Å²) < 4.78 is 28.1. The molecular weight excluding hydrogens is 448 g/mol. The van der Waals surface area contributed by atoms with Gasteiger partial charge in [0.2, 0.25) is 0 Å². The Morgan fingerprint density at radius 3 is 2.30 bits per heavy atom. The Morgan fingerprint density at radius 2 is 1.67 bits per heavy atom. The highest BCUT2D eigenvalue weighted by Gasteiger charge is 2.16. The third-order valence-electron chi connectivity index (χ3n) is 3.75. The molecule has 0 spiro atoms. The van der Waals surface area contributed by atoms with E-state index in [1.165, 1.54) is 6.07 Å². The van der Waals surface area contributed by atoms with Gasteiger partial charge in [0.05, 0.1) is 3.79 Å². The van der Waals surface area contributed by atoms with Crippen molar-refractivity contribution >= 4 is 48.9 Å². The van der Waals surface area contributed by atoms with Gasteiger partial charge in [-0.25, -0.2) is 8.42 Å². The number of hydrogen-bond acceptors (Lipinski definition) is 4. The standard InChI is InChI=1S/C19H17BrN2O3S2/c20-17-10-11-18(26-17)27(24,25)22-16-8-6-15(7-9-16)19(23)21-13-12-14-4-2-1-3-5-14/h1-11,22H,12-13H2,(H,21,23). The fraction of sp³-hybridized carbons (Fsp3) is 0.105. The maximum atomic E-state index is 12.3. The maximum Gasteiger partial charge on any atom is 0.271 e. The summed E-state index contributed by atoms with van der Waals surface area (Å²) in [4.78, 5) is 12.2. The number of thiophene rings is 1. The van der Waals surface area contributed by atoms with Crippen LogP contribution in [0.25, 0.3) is 0 Å². The molecule has 0 aliphatic rings. The van der Waals surface area contributed by atoms with E-state index >= 15 is 0 Å². The molecule has 27 heavy (non-hydrogen) atoms. The Labute approximate surface area is 170 Å². The molecule has 0 radical (unpaired) electrons. The van der Waals surface area contributed by atoms with Crippen molar-refractivity contribution in [2.75, 3.05) is 11.3 Å². The number of halogens is 1. The summed E-state index contributed by atoms with van der Waals surface area (Å²) >= 11 is 4.38. The summed E-state index contributed by atoms with van der Waals surface area (Å²) in [5, 5.41) is 2.86. The van der Waals surface area contributed by atoms with Crippen molar-refractivity contribution in [2.45, 2.75) is 10.6 Å². The van der Waals surface area contributed by atoms with Gasteiger partial charge in [-0.15, -0.1) is 11.3 Å². The van der Waals surface area contributed by atoms with Crippen LogP contribution in [0.5, 0.6) is 0 Å². The Morgan fingerprint density at radius 1 is 0.963 bits per heavy atom. The lowest BCUT2D eigenvalue weighted by atomic mass is 10.1. The molecular formula is C19H17BrN2O3S2. The van der Waals surface area contributed by atoms with Gasteiger partial charge >= 0.3 is 0 Å². The topological polar surface area (TPSA) is 75.3 Å². The van der Waals surface area contributed by atoms with E-state index in [4.69, 9.17) is 0 Å². The summed E-state index contributed by atoms with van der Waals surface area (Å²) in [5.41, 5.74) is 2.04. The Balaban J connectivity index is 1.57. The minimum atomic E-state index is -3.63. The van der Waals surface area contributed by atoms with Crippen LogP contribution in [0.2, 0.25) is 0 Å². The number of benzene rings is 2. The SMILES string of the molecule is O=C(NCCc1ccccc1)c1ccc(NS(=O)(=O)c2ccc(Br)s2)cc1. The van der Waals surface area contributed by atoms with Crippen molar-refractivity contribution in [2.24, 2.45) is 0 Å². The quantitative estimate of drug-likeness (QED) is 0.547.